The summed E-state index contributed by atoms with van der Waals surface area (Å²) < 4.78 is 0. The highest BCUT2D eigenvalue weighted by atomic mass is 15.1. The molecule has 0 saturated carbocycles. The minimum Gasteiger partial charge on any atom is -0.314 e. The molecule has 0 aliphatic carbocycles. The zero-order valence-corrected chi connectivity index (χ0v) is 12.1. The van der Waals surface area contributed by atoms with Crippen LogP contribution < -0.4 is 5.32 Å². The Balaban J connectivity index is 3.81. The summed E-state index contributed by atoms with van der Waals surface area (Å²) in [5.74, 6) is 0.884. The highest BCUT2D eigenvalue weighted by molar-refractivity contribution is 4.67. The summed E-state index contributed by atoms with van der Waals surface area (Å²) in [6.45, 7) is 16.2. The zero-order valence-electron chi connectivity index (χ0n) is 12.1. The monoisotopic (exact) mass is 228 g/mol. The van der Waals surface area contributed by atoms with Crippen molar-refractivity contribution in [3.8, 4) is 0 Å². The van der Waals surface area contributed by atoms with E-state index in [4.69, 9.17) is 0 Å². The van der Waals surface area contributed by atoms with Crippen LogP contribution >= 0.6 is 0 Å². The third-order valence-electron chi connectivity index (χ3n) is 3.55. The molecule has 1 N–H and O–H groups in total. The van der Waals surface area contributed by atoms with Gasteiger partial charge in [0.05, 0.1) is 0 Å². The van der Waals surface area contributed by atoms with Crippen molar-refractivity contribution in [1.82, 2.24) is 10.2 Å². The molecule has 0 rings (SSSR count). The minimum atomic E-state index is 0.653. The van der Waals surface area contributed by atoms with E-state index in [1.165, 1.54) is 38.9 Å². The molecule has 0 spiro atoms. The first-order valence-corrected chi connectivity index (χ1v) is 7.13. The third kappa shape index (κ3) is 7.24. The fourth-order valence-corrected chi connectivity index (χ4v) is 2.12. The molecule has 0 aliphatic heterocycles. The summed E-state index contributed by atoms with van der Waals surface area (Å²) in [4.78, 5) is 2.60. The van der Waals surface area contributed by atoms with Crippen molar-refractivity contribution in [1.29, 1.82) is 0 Å². The van der Waals surface area contributed by atoms with Gasteiger partial charge in [-0.3, -0.25) is 0 Å². The molecule has 0 radical (unpaired) electrons. The average Bonchev–Trinajstić information content (AvgIpc) is 2.30. The van der Waals surface area contributed by atoms with Crippen LogP contribution in [-0.4, -0.2) is 37.1 Å². The van der Waals surface area contributed by atoms with Gasteiger partial charge in [-0.15, -0.1) is 0 Å². The first-order chi connectivity index (χ1) is 7.67. The van der Waals surface area contributed by atoms with E-state index in [0.29, 0.717) is 6.04 Å². The molecule has 1 unspecified atom stereocenters. The van der Waals surface area contributed by atoms with Gasteiger partial charge in [-0.25, -0.2) is 0 Å². The van der Waals surface area contributed by atoms with Crippen LogP contribution in [0.2, 0.25) is 0 Å². The predicted molar refractivity (Wildman–Crippen MR) is 73.9 cm³/mol. The lowest BCUT2D eigenvalue weighted by molar-refractivity contribution is 0.224. The second kappa shape index (κ2) is 10.1. The van der Waals surface area contributed by atoms with E-state index in [1.54, 1.807) is 0 Å². The van der Waals surface area contributed by atoms with Crippen molar-refractivity contribution in [2.24, 2.45) is 5.92 Å². The van der Waals surface area contributed by atoms with Crippen LogP contribution in [0.25, 0.3) is 0 Å². The highest BCUT2D eigenvalue weighted by Gasteiger charge is 2.10. The topological polar surface area (TPSA) is 15.3 Å². The van der Waals surface area contributed by atoms with Crippen molar-refractivity contribution in [2.75, 3.05) is 26.2 Å². The van der Waals surface area contributed by atoms with Crippen LogP contribution in [0, 0.1) is 5.92 Å². The van der Waals surface area contributed by atoms with E-state index in [0.717, 1.165) is 12.5 Å². The largest absolute Gasteiger partial charge is 0.314 e. The van der Waals surface area contributed by atoms with Gasteiger partial charge in [0.1, 0.15) is 0 Å². The summed E-state index contributed by atoms with van der Waals surface area (Å²) in [5, 5.41) is 3.48. The van der Waals surface area contributed by atoms with Crippen molar-refractivity contribution < 1.29 is 0 Å². The molecule has 2 heteroatoms. The number of nitrogens with zero attached hydrogens (tertiary/aromatic N) is 1. The van der Waals surface area contributed by atoms with Gasteiger partial charge in [0, 0.05) is 12.6 Å². The standard InChI is InChI=1S/C14H32N2/c1-6-14(7-2)12-16(9-4)11-10-13(5)15-8-3/h13-15H,6-12H2,1-5H3. The molecule has 0 saturated heterocycles. The molecule has 16 heavy (non-hydrogen) atoms. The maximum atomic E-state index is 3.48. The summed E-state index contributed by atoms with van der Waals surface area (Å²) in [6, 6.07) is 0.653. The normalized spacial score (nSPS) is 13.7. The average molecular weight is 228 g/mol. The van der Waals surface area contributed by atoms with E-state index >= 15 is 0 Å². The third-order valence-corrected chi connectivity index (χ3v) is 3.55. The van der Waals surface area contributed by atoms with E-state index in [9.17, 15) is 0 Å². The molecule has 0 heterocycles. The van der Waals surface area contributed by atoms with Gasteiger partial charge in [-0.1, -0.05) is 40.5 Å². The van der Waals surface area contributed by atoms with E-state index < -0.39 is 0 Å². The second-order valence-electron chi connectivity index (χ2n) is 4.82. The molecule has 0 aromatic carbocycles. The Hall–Kier alpha value is -0.0800. The molecule has 98 valence electrons. The lowest BCUT2D eigenvalue weighted by atomic mass is 10.0. The molecular formula is C14H32N2. The minimum absolute atomic E-state index is 0.653. The van der Waals surface area contributed by atoms with Crippen LogP contribution in [0.5, 0.6) is 0 Å². The first-order valence-electron chi connectivity index (χ1n) is 7.13. The van der Waals surface area contributed by atoms with Gasteiger partial charge in [-0.05, 0) is 38.9 Å². The Morgan fingerprint density at radius 1 is 1.06 bits per heavy atom. The molecule has 0 aromatic heterocycles. The molecule has 0 bridgehead atoms. The van der Waals surface area contributed by atoms with Crippen molar-refractivity contribution in [3.05, 3.63) is 0 Å². The van der Waals surface area contributed by atoms with E-state index in [2.05, 4.69) is 44.8 Å². The summed E-state index contributed by atoms with van der Waals surface area (Å²) in [7, 11) is 0. The van der Waals surface area contributed by atoms with Gasteiger partial charge >= 0.3 is 0 Å². The van der Waals surface area contributed by atoms with Gasteiger partial charge in [0.15, 0.2) is 0 Å². The summed E-state index contributed by atoms with van der Waals surface area (Å²) in [6.07, 6.45) is 3.90. The maximum Gasteiger partial charge on any atom is 0.00507 e. The van der Waals surface area contributed by atoms with Crippen LogP contribution in [0.3, 0.4) is 0 Å². The molecule has 0 aromatic rings. The van der Waals surface area contributed by atoms with Crippen LogP contribution in [-0.2, 0) is 0 Å². The molecule has 0 aliphatic rings. The summed E-state index contributed by atoms with van der Waals surface area (Å²) >= 11 is 0. The van der Waals surface area contributed by atoms with Crippen LogP contribution in [0.1, 0.15) is 53.9 Å². The Bertz CT molecular complexity index is 144. The van der Waals surface area contributed by atoms with Crippen LogP contribution in [0.15, 0.2) is 0 Å². The van der Waals surface area contributed by atoms with E-state index in [-0.39, 0.29) is 0 Å². The lowest BCUT2D eigenvalue weighted by Crippen LogP contribution is -2.34. The highest BCUT2D eigenvalue weighted by Crippen LogP contribution is 2.10. The quantitative estimate of drug-likeness (QED) is 0.618. The fraction of sp³-hybridized carbons (Fsp3) is 1.00. The SMILES string of the molecule is CCNC(C)CCN(CC)CC(CC)CC. The molecule has 2 nitrogen and oxygen atoms in total. The first kappa shape index (κ1) is 15.9. The van der Waals surface area contributed by atoms with Crippen LogP contribution in [0.4, 0.5) is 0 Å². The lowest BCUT2D eigenvalue weighted by Gasteiger charge is -2.26. The Morgan fingerprint density at radius 3 is 2.12 bits per heavy atom. The van der Waals surface area contributed by atoms with Crippen molar-refractivity contribution in [3.63, 3.8) is 0 Å². The zero-order chi connectivity index (χ0) is 12.4. The second-order valence-corrected chi connectivity index (χ2v) is 4.82. The Kier molecular flexibility index (Phi) is 10.0. The Labute approximate surface area is 103 Å². The van der Waals surface area contributed by atoms with Crippen molar-refractivity contribution in [2.45, 2.75) is 59.9 Å². The number of nitrogens with one attached hydrogen (secondary N) is 1. The fourth-order valence-electron chi connectivity index (χ4n) is 2.12. The molecule has 0 fully saturated rings. The summed E-state index contributed by atoms with van der Waals surface area (Å²) in [5.41, 5.74) is 0. The van der Waals surface area contributed by atoms with Gasteiger partial charge < -0.3 is 10.2 Å². The number of hydrogen-bond acceptors (Lipinski definition) is 2. The molecular weight excluding hydrogens is 196 g/mol. The number of hydrogen-bond donors (Lipinski definition) is 1. The van der Waals surface area contributed by atoms with Gasteiger partial charge in [0.2, 0.25) is 0 Å². The maximum absolute atomic E-state index is 3.48. The van der Waals surface area contributed by atoms with Crippen molar-refractivity contribution >= 4 is 0 Å². The molecule has 0 amide bonds. The smallest absolute Gasteiger partial charge is 0.00507 e. The molecule has 1 atom stereocenters. The Morgan fingerprint density at radius 2 is 1.69 bits per heavy atom. The number of rotatable bonds is 10. The van der Waals surface area contributed by atoms with E-state index in [1.807, 2.05) is 0 Å². The predicted octanol–water partition coefficient (Wildman–Crippen LogP) is 3.13. The van der Waals surface area contributed by atoms with Gasteiger partial charge in [0.25, 0.3) is 0 Å². The van der Waals surface area contributed by atoms with Gasteiger partial charge in [-0.2, -0.15) is 0 Å².